The first kappa shape index (κ1) is 14.8. The quantitative estimate of drug-likeness (QED) is 0.876. The molecule has 6 heteroatoms. The Morgan fingerprint density at radius 3 is 2.58 bits per heavy atom. The number of benzene rings is 1. The molecule has 0 radical (unpaired) electrons. The number of aliphatic hydroxyl groups is 1. The molecule has 2 rings (SSSR count). The highest BCUT2D eigenvalue weighted by Crippen LogP contribution is 2.37. The van der Waals surface area contributed by atoms with Crippen LogP contribution in [0.1, 0.15) is 25.7 Å². The van der Waals surface area contributed by atoms with Crippen molar-refractivity contribution in [2.45, 2.75) is 30.6 Å². The van der Waals surface area contributed by atoms with Gasteiger partial charge in [-0.05, 0) is 31.0 Å². The number of halogens is 1. The summed E-state index contributed by atoms with van der Waals surface area (Å²) >= 11 is 5.80. The smallest absolute Gasteiger partial charge is 0.240 e. The molecule has 0 atom stereocenters. The second kappa shape index (κ2) is 5.79. The molecule has 0 bridgehead atoms. The average molecular weight is 304 g/mol. The zero-order chi connectivity index (χ0) is 13.9. The van der Waals surface area contributed by atoms with Gasteiger partial charge in [-0.25, -0.2) is 13.1 Å². The van der Waals surface area contributed by atoms with Crippen molar-refractivity contribution < 1.29 is 13.5 Å². The summed E-state index contributed by atoms with van der Waals surface area (Å²) in [5.41, 5.74) is -0.300. The molecule has 0 aromatic heterocycles. The van der Waals surface area contributed by atoms with Crippen LogP contribution in [0.2, 0.25) is 5.02 Å². The Bertz CT molecular complexity index is 539. The third-order valence-electron chi connectivity index (χ3n) is 3.74. The van der Waals surface area contributed by atoms with Crippen molar-refractivity contribution in [2.24, 2.45) is 5.41 Å². The van der Waals surface area contributed by atoms with Crippen LogP contribution in [-0.4, -0.2) is 26.7 Å². The lowest BCUT2D eigenvalue weighted by molar-refractivity contribution is 0.134. The summed E-state index contributed by atoms with van der Waals surface area (Å²) in [6.45, 7) is 0.295. The Labute approximate surface area is 118 Å². The van der Waals surface area contributed by atoms with Crippen LogP contribution in [0.4, 0.5) is 0 Å². The van der Waals surface area contributed by atoms with Crippen LogP contribution >= 0.6 is 11.6 Å². The third kappa shape index (κ3) is 3.48. The molecule has 2 N–H and O–H groups in total. The maximum Gasteiger partial charge on any atom is 0.240 e. The Balaban J connectivity index is 2.09. The van der Waals surface area contributed by atoms with Gasteiger partial charge in [-0.15, -0.1) is 0 Å². The van der Waals surface area contributed by atoms with Crippen LogP contribution in [-0.2, 0) is 10.0 Å². The molecule has 1 aliphatic carbocycles. The molecule has 0 heterocycles. The minimum absolute atomic E-state index is 0.0189. The number of rotatable bonds is 5. The van der Waals surface area contributed by atoms with E-state index in [1.165, 1.54) is 12.1 Å². The molecule has 1 fully saturated rings. The third-order valence-corrected chi connectivity index (χ3v) is 5.38. The van der Waals surface area contributed by atoms with Crippen LogP contribution in [0, 0.1) is 5.41 Å². The van der Waals surface area contributed by atoms with Crippen molar-refractivity contribution in [1.29, 1.82) is 0 Å². The molecule has 0 unspecified atom stereocenters. The molecule has 1 aromatic carbocycles. The van der Waals surface area contributed by atoms with Gasteiger partial charge in [0.25, 0.3) is 0 Å². The number of hydrogen-bond acceptors (Lipinski definition) is 3. The van der Waals surface area contributed by atoms with Gasteiger partial charge in [-0.2, -0.15) is 0 Å². The molecule has 1 aliphatic rings. The van der Waals surface area contributed by atoms with E-state index in [1.807, 2.05) is 0 Å². The summed E-state index contributed by atoms with van der Waals surface area (Å²) in [4.78, 5) is 0.158. The van der Waals surface area contributed by atoms with Crippen LogP contribution in [0.15, 0.2) is 29.2 Å². The zero-order valence-corrected chi connectivity index (χ0v) is 12.2. The summed E-state index contributed by atoms with van der Waals surface area (Å²) in [5.74, 6) is 0. The zero-order valence-electron chi connectivity index (χ0n) is 10.6. The molecule has 1 aromatic rings. The van der Waals surface area contributed by atoms with E-state index in [4.69, 9.17) is 11.6 Å². The minimum Gasteiger partial charge on any atom is -0.396 e. The predicted octanol–water partition coefficient (Wildman–Crippen LogP) is 2.17. The highest BCUT2D eigenvalue weighted by molar-refractivity contribution is 7.89. The first-order chi connectivity index (χ1) is 8.97. The van der Waals surface area contributed by atoms with E-state index < -0.39 is 10.0 Å². The SMILES string of the molecule is O=S(=O)(NCC1(CO)CCCC1)c1cccc(Cl)c1. The fourth-order valence-corrected chi connectivity index (χ4v) is 3.94. The van der Waals surface area contributed by atoms with Gasteiger partial charge in [0.2, 0.25) is 10.0 Å². The van der Waals surface area contributed by atoms with E-state index in [9.17, 15) is 13.5 Å². The maximum atomic E-state index is 12.1. The summed E-state index contributed by atoms with van der Waals surface area (Å²) < 4.78 is 26.9. The van der Waals surface area contributed by atoms with Gasteiger partial charge in [0.15, 0.2) is 0 Å². The van der Waals surface area contributed by atoms with Crippen molar-refractivity contribution in [1.82, 2.24) is 4.72 Å². The average Bonchev–Trinajstić information content (AvgIpc) is 2.86. The van der Waals surface area contributed by atoms with Crippen molar-refractivity contribution in [2.75, 3.05) is 13.2 Å². The second-order valence-corrected chi connectivity index (χ2v) is 7.35. The van der Waals surface area contributed by atoms with E-state index in [2.05, 4.69) is 4.72 Å². The summed E-state index contributed by atoms with van der Waals surface area (Å²) in [5, 5.41) is 9.86. The minimum atomic E-state index is -3.56. The molecular formula is C13H18ClNO3S. The van der Waals surface area contributed by atoms with Gasteiger partial charge in [0.1, 0.15) is 0 Å². The summed E-state index contributed by atoms with van der Waals surface area (Å²) in [7, 11) is -3.56. The van der Waals surface area contributed by atoms with E-state index >= 15 is 0 Å². The Hall–Kier alpha value is -0.620. The highest BCUT2D eigenvalue weighted by atomic mass is 35.5. The fourth-order valence-electron chi connectivity index (χ4n) is 2.48. The molecule has 0 spiro atoms. The number of sulfonamides is 1. The van der Waals surface area contributed by atoms with Crippen molar-refractivity contribution in [3.8, 4) is 0 Å². The van der Waals surface area contributed by atoms with Gasteiger partial charge in [-0.1, -0.05) is 30.5 Å². The molecule has 0 aliphatic heterocycles. The first-order valence-electron chi connectivity index (χ1n) is 6.34. The van der Waals surface area contributed by atoms with Crippen LogP contribution in [0.5, 0.6) is 0 Å². The maximum absolute atomic E-state index is 12.1. The largest absolute Gasteiger partial charge is 0.396 e. The van der Waals surface area contributed by atoms with Gasteiger partial charge in [0.05, 0.1) is 4.90 Å². The molecule has 0 amide bonds. The topological polar surface area (TPSA) is 66.4 Å². The second-order valence-electron chi connectivity index (χ2n) is 5.15. The molecule has 4 nitrogen and oxygen atoms in total. The van der Waals surface area contributed by atoms with Crippen molar-refractivity contribution in [3.05, 3.63) is 29.3 Å². The Kier molecular flexibility index (Phi) is 4.50. The van der Waals surface area contributed by atoms with Gasteiger partial charge >= 0.3 is 0 Å². The van der Waals surface area contributed by atoms with Gasteiger partial charge in [-0.3, -0.25) is 0 Å². The van der Waals surface area contributed by atoms with Crippen LogP contribution in [0.3, 0.4) is 0 Å². The van der Waals surface area contributed by atoms with Crippen LogP contribution in [0.25, 0.3) is 0 Å². The van der Waals surface area contributed by atoms with Crippen LogP contribution < -0.4 is 4.72 Å². The summed E-state index contributed by atoms with van der Waals surface area (Å²) in [6.07, 6.45) is 3.81. The first-order valence-corrected chi connectivity index (χ1v) is 8.20. The van der Waals surface area contributed by atoms with Crippen molar-refractivity contribution >= 4 is 21.6 Å². The van der Waals surface area contributed by atoms with Crippen molar-refractivity contribution in [3.63, 3.8) is 0 Å². The highest BCUT2D eigenvalue weighted by Gasteiger charge is 2.34. The lowest BCUT2D eigenvalue weighted by Crippen LogP contribution is -2.38. The standard InChI is InChI=1S/C13H18ClNO3S/c14-11-4-3-5-12(8-11)19(17,18)15-9-13(10-16)6-1-2-7-13/h3-5,8,15-16H,1-2,6-7,9-10H2. The van der Waals surface area contributed by atoms with E-state index in [1.54, 1.807) is 12.1 Å². The predicted molar refractivity (Wildman–Crippen MR) is 74.6 cm³/mol. The lowest BCUT2D eigenvalue weighted by Gasteiger charge is -2.26. The van der Waals surface area contributed by atoms with Gasteiger partial charge < -0.3 is 5.11 Å². The number of hydrogen-bond donors (Lipinski definition) is 2. The summed E-state index contributed by atoms with van der Waals surface area (Å²) in [6, 6.07) is 6.17. The number of nitrogens with one attached hydrogen (secondary N) is 1. The van der Waals surface area contributed by atoms with E-state index in [-0.39, 0.29) is 23.5 Å². The lowest BCUT2D eigenvalue weighted by atomic mass is 9.88. The molecular weight excluding hydrogens is 286 g/mol. The number of aliphatic hydroxyl groups excluding tert-OH is 1. The van der Waals surface area contributed by atoms with Gasteiger partial charge in [0, 0.05) is 23.6 Å². The molecule has 0 saturated heterocycles. The fraction of sp³-hybridized carbons (Fsp3) is 0.538. The normalized spacial score (nSPS) is 18.6. The Morgan fingerprint density at radius 1 is 1.32 bits per heavy atom. The van der Waals surface area contributed by atoms with E-state index in [0.717, 1.165) is 25.7 Å². The molecule has 1 saturated carbocycles. The Morgan fingerprint density at radius 2 is 2.00 bits per heavy atom. The molecule has 106 valence electrons. The monoisotopic (exact) mass is 303 g/mol. The molecule has 19 heavy (non-hydrogen) atoms. The van der Waals surface area contributed by atoms with E-state index in [0.29, 0.717) is 5.02 Å².